The normalized spacial score (nSPS) is 12.3. The van der Waals surface area contributed by atoms with E-state index < -0.39 is 0 Å². The molecule has 8 heteroatoms. The zero-order valence-corrected chi connectivity index (χ0v) is 21.4. The van der Waals surface area contributed by atoms with E-state index in [9.17, 15) is 4.79 Å². The Morgan fingerprint density at radius 3 is 2.59 bits per heavy atom. The van der Waals surface area contributed by atoms with E-state index in [1.165, 1.54) is 0 Å². The molecule has 1 aromatic rings. The van der Waals surface area contributed by atoms with E-state index in [4.69, 9.17) is 11.6 Å². The summed E-state index contributed by atoms with van der Waals surface area (Å²) in [6, 6.07) is 5.82. The van der Waals surface area contributed by atoms with E-state index in [2.05, 4.69) is 46.6 Å². The molecule has 1 unspecified atom stereocenters. The SMILES string of the molecule is CCN(CC)CCCC(C)NC(=NC)NCCC(=O)Nc1cccc(Cl)c1C.I. The number of nitrogens with zero attached hydrogens (tertiary/aromatic N) is 2. The van der Waals surface area contributed by atoms with Gasteiger partial charge in [0.2, 0.25) is 5.91 Å². The number of carbonyl (C=O) groups is 1. The highest BCUT2D eigenvalue weighted by molar-refractivity contribution is 14.0. The predicted molar refractivity (Wildman–Crippen MR) is 136 cm³/mol. The summed E-state index contributed by atoms with van der Waals surface area (Å²) in [5, 5.41) is 10.1. The highest BCUT2D eigenvalue weighted by atomic mass is 127. The van der Waals surface area contributed by atoms with Crippen molar-refractivity contribution in [2.45, 2.75) is 53.0 Å². The summed E-state index contributed by atoms with van der Waals surface area (Å²) in [6.45, 7) is 12.3. The Hall–Kier alpha value is -1.06. The molecule has 0 bridgehead atoms. The maximum absolute atomic E-state index is 12.2. The molecule has 0 saturated heterocycles. The Balaban J connectivity index is 0.00000784. The number of anilines is 1. The summed E-state index contributed by atoms with van der Waals surface area (Å²) in [4.78, 5) is 18.8. The van der Waals surface area contributed by atoms with E-state index in [1.807, 2.05) is 25.1 Å². The molecule has 29 heavy (non-hydrogen) atoms. The lowest BCUT2D eigenvalue weighted by Crippen LogP contribution is -2.43. The highest BCUT2D eigenvalue weighted by Gasteiger charge is 2.09. The molecule has 1 rings (SSSR count). The van der Waals surface area contributed by atoms with Gasteiger partial charge in [0.1, 0.15) is 0 Å². The second-order valence-corrected chi connectivity index (χ2v) is 7.33. The van der Waals surface area contributed by atoms with E-state index in [0.717, 1.165) is 49.7 Å². The Labute approximate surface area is 198 Å². The fraction of sp³-hybridized carbons (Fsp3) is 0.619. The van der Waals surface area contributed by atoms with Gasteiger partial charge in [0.15, 0.2) is 5.96 Å². The first kappa shape index (κ1) is 27.9. The van der Waals surface area contributed by atoms with Gasteiger partial charge in [0.05, 0.1) is 0 Å². The highest BCUT2D eigenvalue weighted by Crippen LogP contribution is 2.22. The molecular formula is C21H37ClIN5O. The Bertz CT molecular complexity index is 637. The molecule has 0 aliphatic heterocycles. The molecule has 1 atom stereocenters. The molecule has 0 aliphatic rings. The fourth-order valence-corrected chi connectivity index (χ4v) is 3.09. The van der Waals surface area contributed by atoms with Crippen LogP contribution in [-0.4, -0.2) is 56.0 Å². The third-order valence-electron chi connectivity index (χ3n) is 4.80. The van der Waals surface area contributed by atoms with Crippen LogP contribution in [0.25, 0.3) is 0 Å². The lowest BCUT2D eigenvalue weighted by molar-refractivity contribution is -0.116. The zero-order valence-electron chi connectivity index (χ0n) is 18.3. The van der Waals surface area contributed by atoms with Crippen LogP contribution < -0.4 is 16.0 Å². The summed E-state index contributed by atoms with van der Waals surface area (Å²) in [7, 11) is 1.74. The number of benzene rings is 1. The number of hydrogen-bond donors (Lipinski definition) is 3. The molecule has 3 N–H and O–H groups in total. The first-order chi connectivity index (χ1) is 13.4. The number of nitrogens with one attached hydrogen (secondary N) is 3. The molecule has 166 valence electrons. The molecule has 6 nitrogen and oxygen atoms in total. The van der Waals surface area contributed by atoms with Crippen LogP contribution in [-0.2, 0) is 4.79 Å². The number of rotatable bonds is 11. The average molecular weight is 538 g/mol. The van der Waals surface area contributed by atoms with Gasteiger partial charge in [0, 0.05) is 36.8 Å². The van der Waals surface area contributed by atoms with Gasteiger partial charge in [0.25, 0.3) is 0 Å². The molecule has 1 aromatic carbocycles. The quantitative estimate of drug-likeness (QED) is 0.224. The summed E-state index contributed by atoms with van der Waals surface area (Å²) in [5.74, 6) is 0.669. The van der Waals surface area contributed by atoms with Gasteiger partial charge in [-0.1, -0.05) is 31.5 Å². The maximum Gasteiger partial charge on any atom is 0.226 e. The van der Waals surface area contributed by atoms with E-state index in [0.29, 0.717) is 24.0 Å². The van der Waals surface area contributed by atoms with Crippen molar-refractivity contribution in [3.63, 3.8) is 0 Å². The number of guanidine groups is 1. The number of halogens is 2. The monoisotopic (exact) mass is 537 g/mol. The van der Waals surface area contributed by atoms with E-state index >= 15 is 0 Å². The Kier molecular flexibility index (Phi) is 15.2. The van der Waals surface area contributed by atoms with Crippen molar-refractivity contribution in [1.82, 2.24) is 15.5 Å². The number of hydrogen-bond acceptors (Lipinski definition) is 3. The molecule has 0 aromatic heterocycles. The third kappa shape index (κ3) is 11.1. The zero-order chi connectivity index (χ0) is 20.9. The second-order valence-electron chi connectivity index (χ2n) is 6.92. The number of aliphatic imine (C=N–C) groups is 1. The van der Waals surface area contributed by atoms with Crippen molar-refractivity contribution >= 4 is 53.1 Å². The fourth-order valence-electron chi connectivity index (χ4n) is 2.91. The topological polar surface area (TPSA) is 68.8 Å². The van der Waals surface area contributed by atoms with Crippen LogP contribution in [0.2, 0.25) is 5.02 Å². The van der Waals surface area contributed by atoms with Crippen LogP contribution in [0.1, 0.15) is 45.6 Å². The van der Waals surface area contributed by atoms with Crippen LogP contribution in [0.5, 0.6) is 0 Å². The maximum atomic E-state index is 12.2. The Morgan fingerprint density at radius 1 is 1.28 bits per heavy atom. The van der Waals surface area contributed by atoms with Gasteiger partial charge in [-0.05, 0) is 64.0 Å². The molecule has 0 saturated carbocycles. The minimum absolute atomic E-state index is 0. The Morgan fingerprint density at radius 2 is 1.97 bits per heavy atom. The lowest BCUT2D eigenvalue weighted by atomic mass is 10.2. The molecule has 0 spiro atoms. The van der Waals surface area contributed by atoms with Gasteiger partial charge in [-0.25, -0.2) is 0 Å². The largest absolute Gasteiger partial charge is 0.356 e. The summed E-state index contributed by atoms with van der Waals surface area (Å²) in [5.41, 5.74) is 1.63. The molecule has 0 aliphatic carbocycles. The average Bonchev–Trinajstić information content (AvgIpc) is 2.68. The summed E-state index contributed by atoms with van der Waals surface area (Å²) >= 11 is 6.09. The van der Waals surface area contributed by atoms with Crippen LogP contribution in [0.15, 0.2) is 23.2 Å². The van der Waals surface area contributed by atoms with E-state index in [-0.39, 0.29) is 29.9 Å². The van der Waals surface area contributed by atoms with Crippen molar-refractivity contribution in [3.8, 4) is 0 Å². The van der Waals surface area contributed by atoms with Crippen LogP contribution >= 0.6 is 35.6 Å². The van der Waals surface area contributed by atoms with Crippen molar-refractivity contribution < 1.29 is 4.79 Å². The second kappa shape index (κ2) is 15.7. The minimum Gasteiger partial charge on any atom is -0.356 e. The van der Waals surface area contributed by atoms with Crippen molar-refractivity contribution in [2.75, 3.05) is 38.5 Å². The molecule has 1 amide bonds. The van der Waals surface area contributed by atoms with Gasteiger partial charge >= 0.3 is 0 Å². The van der Waals surface area contributed by atoms with Crippen molar-refractivity contribution in [2.24, 2.45) is 4.99 Å². The molecular weight excluding hydrogens is 501 g/mol. The minimum atomic E-state index is -0.0550. The first-order valence-corrected chi connectivity index (χ1v) is 10.5. The lowest BCUT2D eigenvalue weighted by Gasteiger charge is -2.21. The summed E-state index contributed by atoms with van der Waals surface area (Å²) < 4.78 is 0. The van der Waals surface area contributed by atoms with Crippen LogP contribution in [0, 0.1) is 6.92 Å². The van der Waals surface area contributed by atoms with Crippen molar-refractivity contribution in [3.05, 3.63) is 28.8 Å². The van der Waals surface area contributed by atoms with Gasteiger partial charge in [-0.2, -0.15) is 0 Å². The smallest absolute Gasteiger partial charge is 0.226 e. The first-order valence-electron chi connectivity index (χ1n) is 10.2. The van der Waals surface area contributed by atoms with Gasteiger partial charge in [-0.3, -0.25) is 9.79 Å². The predicted octanol–water partition coefficient (Wildman–Crippen LogP) is 4.27. The number of amides is 1. The van der Waals surface area contributed by atoms with Crippen LogP contribution in [0.3, 0.4) is 0 Å². The number of carbonyl (C=O) groups excluding carboxylic acids is 1. The van der Waals surface area contributed by atoms with Crippen LogP contribution in [0.4, 0.5) is 5.69 Å². The molecule has 0 fully saturated rings. The molecule has 0 heterocycles. The van der Waals surface area contributed by atoms with Crippen molar-refractivity contribution in [1.29, 1.82) is 0 Å². The van der Waals surface area contributed by atoms with Gasteiger partial charge in [-0.15, -0.1) is 24.0 Å². The van der Waals surface area contributed by atoms with E-state index in [1.54, 1.807) is 7.05 Å². The summed E-state index contributed by atoms with van der Waals surface area (Å²) in [6.07, 6.45) is 2.57. The van der Waals surface area contributed by atoms with Gasteiger partial charge < -0.3 is 20.9 Å². The standard InChI is InChI=1S/C21H36ClN5O.HI/c1-6-27(7-2)15-9-10-16(3)25-21(23-5)24-14-13-20(28)26-19-12-8-11-18(22)17(19)4;/h8,11-12,16H,6-7,9-10,13-15H2,1-5H3,(H,26,28)(H2,23,24,25);1H. The third-order valence-corrected chi connectivity index (χ3v) is 5.21. The molecule has 0 radical (unpaired) electrons.